The molecule has 0 radical (unpaired) electrons. The van der Waals surface area contributed by atoms with Crippen molar-refractivity contribution in [2.75, 3.05) is 7.11 Å². The third kappa shape index (κ3) is 4.21. The van der Waals surface area contributed by atoms with E-state index in [2.05, 4.69) is 39.8 Å². The van der Waals surface area contributed by atoms with Crippen LogP contribution in [0.1, 0.15) is 43.0 Å². The second-order valence-corrected chi connectivity index (χ2v) is 4.92. The van der Waals surface area contributed by atoms with Gasteiger partial charge in [-0.3, -0.25) is 0 Å². The fourth-order valence-electron chi connectivity index (χ4n) is 2.16. The Balaban J connectivity index is 0.00000256. The summed E-state index contributed by atoms with van der Waals surface area (Å²) in [6.07, 6.45) is 1.02. The Kier molecular flexibility index (Phi) is 6.58. The predicted octanol–water partition coefficient (Wildman–Crippen LogP) is 3.78. The molecule has 0 heterocycles. The summed E-state index contributed by atoms with van der Waals surface area (Å²) in [7, 11) is 1.71. The molecule has 98 valence electrons. The highest BCUT2D eigenvalue weighted by Crippen LogP contribution is 2.28. The van der Waals surface area contributed by atoms with Gasteiger partial charge in [-0.1, -0.05) is 26.0 Å². The van der Waals surface area contributed by atoms with E-state index in [9.17, 15) is 0 Å². The van der Waals surface area contributed by atoms with Gasteiger partial charge in [-0.2, -0.15) is 0 Å². The van der Waals surface area contributed by atoms with E-state index in [1.54, 1.807) is 7.11 Å². The quantitative estimate of drug-likeness (QED) is 0.891. The molecule has 1 atom stereocenters. The summed E-state index contributed by atoms with van der Waals surface area (Å²) in [6, 6.07) is 4.40. The molecular weight excluding hydrogens is 234 g/mol. The Morgan fingerprint density at radius 1 is 1.18 bits per heavy atom. The summed E-state index contributed by atoms with van der Waals surface area (Å²) in [5.74, 6) is 1.60. The van der Waals surface area contributed by atoms with Crippen LogP contribution >= 0.6 is 12.4 Å². The number of hydrogen-bond donors (Lipinski definition) is 1. The van der Waals surface area contributed by atoms with Crippen LogP contribution in [0.2, 0.25) is 0 Å². The van der Waals surface area contributed by atoms with Crippen LogP contribution in [0.3, 0.4) is 0 Å². The molecule has 0 bridgehead atoms. The Morgan fingerprint density at radius 3 is 2.00 bits per heavy atom. The largest absolute Gasteiger partial charge is 0.496 e. The zero-order valence-electron chi connectivity index (χ0n) is 11.4. The van der Waals surface area contributed by atoms with E-state index in [1.165, 1.54) is 5.56 Å². The fourth-order valence-corrected chi connectivity index (χ4v) is 2.16. The van der Waals surface area contributed by atoms with Gasteiger partial charge in [0.25, 0.3) is 0 Å². The number of halogens is 1. The summed E-state index contributed by atoms with van der Waals surface area (Å²) >= 11 is 0. The minimum atomic E-state index is 0. The van der Waals surface area contributed by atoms with Crippen LogP contribution in [0, 0.1) is 19.8 Å². The maximum atomic E-state index is 6.18. The summed E-state index contributed by atoms with van der Waals surface area (Å²) < 4.78 is 5.35. The molecule has 17 heavy (non-hydrogen) atoms. The lowest BCUT2D eigenvalue weighted by molar-refractivity contribution is 0.408. The second-order valence-electron chi connectivity index (χ2n) is 4.92. The van der Waals surface area contributed by atoms with Gasteiger partial charge in [0.05, 0.1) is 7.11 Å². The van der Waals surface area contributed by atoms with Gasteiger partial charge in [-0.05, 0) is 42.9 Å². The Hall–Kier alpha value is -0.730. The van der Waals surface area contributed by atoms with Crippen molar-refractivity contribution in [2.24, 2.45) is 11.7 Å². The van der Waals surface area contributed by atoms with Gasteiger partial charge in [0.15, 0.2) is 0 Å². The molecule has 0 saturated heterocycles. The first kappa shape index (κ1) is 16.3. The third-order valence-corrected chi connectivity index (χ3v) is 2.84. The van der Waals surface area contributed by atoms with Gasteiger partial charge in [-0.15, -0.1) is 12.4 Å². The second kappa shape index (κ2) is 6.87. The lowest BCUT2D eigenvalue weighted by Crippen LogP contribution is -2.13. The van der Waals surface area contributed by atoms with E-state index in [4.69, 9.17) is 10.5 Å². The van der Waals surface area contributed by atoms with Gasteiger partial charge in [-0.25, -0.2) is 0 Å². The maximum absolute atomic E-state index is 6.18. The van der Waals surface area contributed by atoms with Gasteiger partial charge in [0, 0.05) is 6.04 Å². The highest BCUT2D eigenvalue weighted by atomic mass is 35.5. The lowest BCUT2D eigenvalue weighted by Gasteiger charge is -2.17. The molecule has 0 fully saturated rings. The summed E-state index contributed by atoms with van der Waals surface area (Å²) in [6.45, 7) is 8.53. The van der Waals surface area contributed by atoms with Crippen molar-refractivity contribution in [1.29, 1.82) is 0 Å². The summed E-state index contributed by atoms with van der Waals surface area (Å²) in [4.78, 5) is 0. The molecule has 0 aromatic heterocycles. The molecule has 1 aromatic carbocycles. The van der Waals surface area contributed by atoms with Gasteiger partial charge < -0.3 is 10.5 Å². The molecule has 2 N–H and O–H groups in total. The first-order valence-electron chi connectivity index (χ1n) is 5.86. The van der Waals surface area contributed by atoms with Crippen LogP contribution in [-0.4, -0.2) is 7.11 Å². The Morgan fingerprint density at radius 2 is 1.65 bits per heavy atom. The van der Waals surface area contributed by atoms with Crippen molar-refractivity contribution in [3.05, 3.63) is 28.8 Å². The van der Waals surface area contributed by atoms with Crippen LogP contribution in [0.4, 0.5) is 0 Å². The number of aryl methyl sites for hydroxylation is 2. The van der Waals surface area contributed by atoms with Crippen LogP contribution in [0.5, 0.6) is 5.75 Å². The van der Waals surface area contributed by atoms with Crippen molar-refractivity contribution < 1.29 is 4.74 Å². The molecule has 0 spiro atoms. The first-order valence-corrected chi connectivity index (χ1v) is 5.86. The lowest BCUT2D eigenvalue weighted by atomic mass is 9.95. The van der Waals surface area contributed by atoms with Crippen LogP contribution in [-0.2, 0) is 0 Å². The molecule has 2 nitrogen and oxygen atoms in total. The average molecular weight is 258 g/mol. The zero-order valence-corrected chi connectivity index (χ0v) is 12.2. The molecule has 1 rings (SSSR count). The normalized spacial score (nSPS) is 12.2. The smallest absolute Gasteiger partial charge is 0.124 e. The van der Waals surface area contributed by atoms with E-state index in [1.807, 2.05) is 0 Å². The van der Waals surface area contributed by atoms with Gasteiger partial charge in [0.1, 0.15) is 5.75 Å². The van der Waals surface area contributed by atoms with E-state index in [0.29, 0.717) is 5.92 Å². The average Bonchev–Trinajstić information content (AvgIpc) is 2.16. The van der Waals surface area contributed by atoms with Crippen molar-refractivity contribution in [3.8, 4) is 5.75 Å². The Bertz CT molecular complexity index is 340. The first-order chi connectivity index (χ1) is 7.45. The molecule has 0 saturated carbocycles. The number of rotatable bonds is 4. The van der Waals surface area contributed by atoms with Crippen LogP contribution in [0.25, 0.3) is 0 Å². The highest BCUT2D eigenvalue weighted by Gasteiger charge is 2.12. The zero-order chi connectivity index (χ0) is 12.3. The molecule has 0 aliphatic carbocycles. The molecule has 0 aliphatic rings. The summed E-state index contributed by atoms with van der Waals surface area (Å²) in [5, 5.41) is 0. The molecular formula is C14H24ClNO. The van der Waals surface area contributed by atoms with Crippen molar-refractivity contribution in [3.63, 3.8) is 0 Å². The van der Waals surface area contributed by atoms with E-state index in [-0.39, 0.29) is 18.4 Å². The number of benzene rings is 1. The third-order valence-electron chi connectivity index (χ3n) is 2.84. The van der Waals surface area contributed by atoms with Crippen molar-refractivity contribution in [2.45, 2.75) is 40.2 Å². The molecule has 0 aliphatic heterocycles. The van der Waals surface area contributed by atoms with E-state index < -0.39 is 0 Å². The maximum Gasteiger partial charge on any atom is 0.124 e. The molecule has 0 unspecified atom stereocenters. The fraction of sp³-hybridized carbons (Fsp3) is 0.571. The minimum Gasteiger partial charge on any atom is -0.496 e. The van der Waals surface area contributed by atoms with E-state index >= 15 is 0 Å². The van der Waals surface area contributed by atoms with Crippen molar-refractivity contribution >= 4 is 12.4 Å². The van der Waals surface area contributed by atoms with Gasteiger partial charge >= 0.3 is 0 Å². The predicted molar refractivity (Wildman–Crippen MR) is 76.1 cm³/mol. The van der Waals surface area contributed by atoms with Crippen molar-refractivity contribution in [1.82, 2.24) is 0 Å². The molecule has 3 heteroatoms. The highest BCUT2D eigenvalue weighted by molar-refractivity contribution is 5.85. The van der Waals surface area contributed by atoms with E-state index in [0.717, 1.165) is 23.3 Å². The Labute approximate surface area is 111 Å². The van der Waals surface area contributed by atoms with Gasteiger partial charge in [0.2, 0.25) is 0 Å². The SMILES string of the molecule is COc1c(C)cc([C@H](N)CC(C)C)cc1C.Cl. The van der Waals surface area contributed by atoms with Crippen LogP contribution in [0.15, 0.2) is 12.1 Å². The number of nitrogens with two attached hydrogens (primary N) is 1. The minimum absolute atomic E-state index is 0. The molecule has 1 aromatic rings. The standard InChI is InChI=1S/C14H23NO.ClH/c1-9(2)6-13(15)12-7-10(3)14(16-5)11(4)8-12;/h7-9,13H,6,15H2,1-5H3;1H/t13-;/m1./s1. The number of ether oxygens (including phenoxy) is 1. The number of methoxy groups -OCH3 is 1. The molecule has 0 amide bonds. The van der Waals surface area contributed by atoms with Crippen LogP contribution < -0.4 is 10.5 Å². The monoisotopic (exact) mass is 257 g/mol. The number of hydrogen-bond acceptors (Lipinski definition) is 2. The summed E-state index contributed by atoms with van der Waals surface area (Å²) in [5.41, 5.74) is 9.72. The topological polar surface area (TPSA) is 35.2 Å².